The number of methoxy groups -OCH3 is 1. The molecule has 1 heterocycles. The summed E-state index contributed by atoms with van der Waals surface area (Å²) in [5.74, 6) is 0. The average molecular weight is 238 g/mol. The number of rotatable bonds is 7. The number of aromatic nitrogens is 1. The van der Waals surface area contributed by atoms with Crippen LogP contribution in [-0.2, 0) is 11.3 Å². The molecule has 1 atom stereocenters. The zero-order valence-electron chi connectivity index (χ0n) is 10.9. The van der Waals surface area contributed by atoms with Crippen LogP contribution in [0.25, 0.3) is 0 Å². The third-order valence-electron chi connectivity index (χ3n) is 2.60. The highest BCUT2D eigenvalue weighted by Gasteiger charge is 2.19. The van der Waals surface area contributed by atoms with Gasteiger partial charge >= 0.3 is 0 Å². The summed E-state index contributed by atoms with van der Waals surface area (Å²) in [5, 5.41) is 13.2. The Balaban J connectivity index is 2.32. The van der Waals surface area contributed by atoms with E-state index in [-0.39, 0.29) is 0 Å². The Labute approximate surface area is 103 Å². The quantitative estimate of drug-likeness (QED) is 0.751. The molecule has 1 rings (SSSR count). The van der Waals surface area contributed by atoms with Crippen LogP contribution in [0.5, 0.6) is 0 Å². The summed E-state index contributed by atoms with van der Waals surface area (Å²) in [6.45, 7) is 5.55. The molecule has 17 heavy (non-hydrogen) atoms. The predicted octanol–water partition coefficient (Wildman–Crippen LogP) is 1.27. The van der Waals surface area contributed by atoms with E-state index >= 15 is 0 Å². The minimum atomic E-state index is -0.736. The van der Waals surface area contributed by atoms with Crippen LogP contribution >= 0.6 is 0 Å². The van der Waals surface area contributed by atoms with E-state index in [4.69, 9.17) is 4.74 Å². The van der Waals surface area contributed by atoms with Crippen molar-refractivity contribution in [3.63, 3.8) is 0 Å². The molecule has 0 radical (unpaired) electrons. The smallest absolute Gasteiger partial charge is 0.0765 e. The van der Waals surface area contributed by atoms with Crippen LogP contribution in [0.4, 0.5) is 0 Å². The van der Waals surface area contributed by atoms with Crippen LogP contribution < -0.4 is 5.32 Å². The summed E-state index contributed by atoms with van der Waals surface area (Å²) >= 11 is 0. The van der Waals surface area contributed by atoms with Crippen molar-refractivity contribution < 1.29 is 9.84 Å². The van der Waals surface area contributed by atoms with Gasteiger partial charge in [-0.1, -0.05) is 6.07 Å². The van der Waals surface area contributed by atoms with E-state index in [1.807, 2.05) is 32.0 Å². The van der Waals surface area contributed by atoms with Gasteiger partial charge in [0.2, 0.25) is 0 Å². The first-order chi connectivity index (χ1) is 8.03. The number of ether oxygens (including phenoxy) is 1. The van der Waals surface area contributed by atoms with Gasteiger partial charge in [-0.25, -0.2) is 0 Å². The van der Waals surface area contributed by atoms with Crippen molar-refractivity contribution in [1.29, 1.82) is 0 Å². The minimum absolute atomic E-state index is 0.534. The molecule has 0 fully saturated rings. The zero-order valence-corrected chi connectivity index (χ0v) is 10.9. The molecule has 1 unspecified atom stereocenters. The molecule has 0 aliphatic heterocycles. The van der Waals surface area contributed by atoms with Gasteiger partial charge in [0.1, 0.15) is 0 Å². The third kappa shape index (κ3) is 5.77. The van der Waals surface area contributed by atoms with E-state index < -0.39 is 5.60 Å². The lowest BCUT2D eigenvalue weighted by atomic mass is 10.0. The number of aliphatic hydroxyl groups is 1. The molecule has 1 aromatic rings. The molecule has 1 aromatic heterocycles. The van der Waals surface area contributed by atoms with E-state index in [0.717, 1.165) is 11.4 Å². The van der Waals surface area contributed by atoms with Crippen LogP contribution in [-0.4, -0.2) is 36.0 Å². The lowest BCUT2D eigenvalue weighted by Crippen LogP contribution is -2.38. The molecule has 0 aliphatic carbocycles. The maximum atomic E-state index is 10.0. The second-order valence-corrected chi connectivity index (χ2v) is 4.61. The predicted molar refractivity (Wildman–Crippen MR) is 67.8 cm³/mol. The molecule has 2 N–H and O–H groups in total. The SMILES string of the molecule is COCCC(C)(O)CNCc1cccc(C)n1. The zero-order chi connectivity index (χ0) is 12.7. The number of hydrogen-bond donors (Lipinski definition) is 2. The van der Waals surface area contributed by atoms with Gasteiger partial charge in [0, 0.05) is 38.9 Å². The summed E-state index contributed by atoms with van der Waals surface area (Å²) in [6.07, 6.45) is 0.623. The molecule has 4 nitrogen and oxygen atoms in total. The van der Waals surface area contributed by atoms with Crippen molar-refractivity contribution in [2.24, 2.45) is 0 Å². The Morgan fingerprint density at radius 1 is 1.47 bits per heavy atom. The van der Waals surface area contributed by atoms with Gasteiger partial charge < -0.3 is 15.2 Å². The molecule has 96 valence electrons. The minimum Gasteiger partial charge on any atom is -0.389 e. The summed E-state index contributed by atoms with van der Waals surface area (Å²) in [5.41, 5.74) is 1.27. The van der Waals surface area contributed by atoms with Crippen LogP contribution in [0.1, 0.15) is 24.7 Å². The van der Waals surface area contributed by atoms with Crippen molar-refractivity contribution in [3.8, 4) is 0 Å². The van der Waals surface area contributed by atoms with Gasteiger partial charge in [-0.2, -0.15) is 0 Å². The highest BCUT2D eigenvalue weighted by atomic mass is 16.5. The van der Waals surface area contributed by atoms with Crippen molar-refractivity contribution in [3.05, 3.63) is 29.6 Å². The lowest BCUT2D eigenvalue weighted by Gasteiger charge is -2.23. The molecular weight excluding hydrogens is 216 g/mol. The Morgan fingerprint density at radius 3 is 2.88 bits per heavy atom. The summed E-state index contributed by atoms with van der Waals surface area (Å²) in [6, 6.07) is 5.94. The number of nitrogens with zero attached hydrogens (tertiary/aromatic N) is 1. The van der Waals surface area contributed by atoms with Gasteiger partial charge in [-0.05, 0) is 26.0 Å². The van der Waals surface area contributed by atoms with Gasteiger partial charge in [-0.15, -0.1) is 0 Å². The van der Waals surface area contributed by atoms with Gasteiger partial charge in [0.05, 0.1) is 11.3 Å². The topological polar surface area (TPSA) is 54.4 Å². The molecule has 0 aromatic carbocycles. The Kier molecular flexibility index (Phi) is 5.55. The van der Waals surface area contributed by atoms with Gasteiger partial charge in [0.25, 0.3) is 0 Å². The Bertz CT molecular complexity index is 340. The van der Waals surface area contributed by atoms with Crippen LogP contribution in [0.3, 0.4) is 0 Å². The molecular formula is C13H22N2O2. The van der Waals surface area contributed by atoms with E-state index in [0.29, 0.717) is 26.1 Å². The fraction of sp³-hybridized carbons (Fsp3) is 0.615. The van der Waals surface area contributed by atoms with Crippen molar-refractivity contribution >= 4 is 0 Å². The Hall–Kier alpha value is -0.970. The van der Waals surface area contributed by atoms with Crippen LogP contribution in [0.2, 0.25) is 0 Å². The fourth-order valence-corrected chi connectivity index (χ4v) is 1.57. The molecule has 0 bridgehead atoms. The summed E-state index contributed by atoms with van der Waals surface area (Å²) in [4.78, 5) is 4.39. The molecule has 0 spiro atoms. The van der Waals surface area contributed by atoms with E-state index in [1.165, 1.54) is 0 Å². The largest absolute Gasteiger partial charge is 0.389 e. The van der Waals surface area contributed by atoms with Crippen molar-refractivity contribution in [1.82, 2.24) is 10.3 Å². The highest BCUT2D eigenvalue weighted by Crippen LogP contribution is 2.08. The molecule has 0 aliphatic rings. The number of aryl methyl sites for hydroxylation is 1. The van der Waals surface area contributed by atoms with Gasteiger partial charge in [-0.3, -0.25) is 4.98 Å². The van der Waals surface area contributed by atoms with E-state index in [2.05, 4.69) is 10.3 Å². The van der Waals surface area contributed by atoms with Crippen molar-refractivity contribution in [2.75, 3.05) is 20.3 Å². The summed E-state index contributed by atoms with van der Waals surface area (Å²) < 4.78 is 4.96. The van der Waals surface area contributed by atoms with Gasteiger partial charge in [0.15, 0.2) is 0 Å². The van der Waals surface area contributed by atoms with E-state index in [9.17, 15) is 5.11 Å². The number of pyridine rings is 1. The first-order valence-electron chi connectivity index (χ1n) is 5.88. The normalized spacial score (nSPS) is 14.6. The molecule has 4 heteroatoms. The molecule has 0 saturated heterocycles. The second kappa shape index (κ2) is 6.69. The molecule has 0 amide bonds. The van der Waals surface area contributed by atoms with E-state index in [1.54, 1.807) is 7.11 Å². The van der Waals surface area contributed by atoms with Crippen LogP contribution in [0.15, 0.2) is 18.2 Å². The standard InChI is InChI=1S/C13H22N2O2/c1-11-5-4-6-12(15-11)9-14-10-13(2,16)7-8-17-3/h4-6,14,16H,7-10H2,1-3H3. The first kappa shape index (κ1) is 14.1. The average Bonchev–Trinajstić information content (AvgIpc) is 2.26. The monoisotopic (exact) mass is 238 g/mol. The maximum Gasteiger partial charge on any atom is 0.0765 e. The molecule has 0 saturated carbocycles. The van der Waals surface area contributed by atoms with Crippen LogP contribution in [0, 0.1) is 6.92 Å². The number of hydrogen-bond acceptors (Lipinski definition) is 4. The van der Waals surface area contributed by atoms with Crippen molar-refractivity contribution in [2.45, 2.75) is 32.4 Å². The first-order valence-corrected chi connectivity index (χ1v) is 5.88. The third-order valence-corrected chi connectivity index (χ3v) is 2.60. The number of nitrogens with one attached hydrogen (secondary N) is 1. The second-order valence-electron chi connectivity index (χ2n) is 4.61. The lowest BCUT2D eigenvalue weighted by molar-refractivity contribution is 0.0247. The fourth-order valence-electron chi connectivity index (χ4n) is 1.57. The highest BCUT2D eigenvalue weighted by molar-refractivity contribution is 5.09. The summed E-state index contributed by atoms with van der Waals surface area (Å²) in [7, 11) is 1.64. The maximum absolute atomic E-state index is 10.0. The Morgan fingerprint density at radius 2 is 2.24 bits per heavy atom.